The average molecular weight is 831 g/mol. The molecule has 0 atom stereocenters. The number of aromatic nitrogens is 8. The van der Waals surface area contributed by atoms with Crippen LogP contribution >= 0.6 is 11.6 Å². The maximum Gasteiger partial charge on any atom is 0.419 e. The van der Waals surface area contributed by atoms with E-state index in [0.29, 0.717) is 45.6 Å². The standard InChI is InChI=1S/C19H10F7N5.C18H11ClF3N5/c20-14-7-11(3-4-12(14)18(21,22)23)30-16-9-28-15-6-10(8-29-31(15)16)17-13(19(24,25)26)2-1-5-27-17;19-14-2-1-7-23-17(14)11-8-15-24-10-16(27(15)25-9-11)26-13-5-3-12(4-6-13)18(20,21)22/h1-9,30H;1-10,26H. The van der Waals surface area contributed by atoms with Gasteiger partial charge < -0.3 is 10.6 Å². The number of fused-ring (bicyclic) bond motifs is 2. The summed E-state index contributed by atoms with van der Waals surface area (Å²) >= 11 is 6.16. The predicted octanol–water partition coefficient (Wildman–Crippen LogP) is 10.9. The number of nitrogens with one attached hydrogen (secondary N) is 2. The summed E-state index contributed by atoms with van der Waals surface area (Å²) in [5.74, 6) is -0.780. The van der Waals surface area contributed by atoms with Crippen LogP contribution in [-0.2, 0) is 18.5 Å². The van der Waals surface area contributed by atoms with Crippen molar-refractivity contribution < 1.29 is 43.9 Å². The largest absolute Gasteiger partial charge is 0.419 e. The molecule has 6 heterocycles. The summed E-state index contributed by atoms with van der Waals surface area (Å²) in [5, 5.41) is 14.5. The van der Waals surface area contributed by atoms with Gasteiger partial charge >= 0.3 is 18.5 Å². The Kier molecular flexibility index (Phi) is 10.4. The Labute approximate surface area is 323 Å². The highest BCUT2D eigenvalue weighted by atomic mass is 35.5. The number of nitrogens with zero attached hydrogens (tertiary/aromatic N) is 8. The monoisotopic (exact) mass is 830 g/mol. The van der Waals surface area contributed by atoms with Crippen LogP contribution in [0.4, 0.5) is 66.9 Å². The summed E-state index contributed by atoms with van der Waals surface area (Å²) in [6.07, 6.45) is -5.43. The highest BCUT2D eigenvalue weighted by molar-refractivity contribution is 6.33. The molecule has 58 heavy (non-hydrogen) atoms. The molecule has 0 saturated heterocycles. The molecule has 6 aromatic heterocycles. The van der Waals surface area contributed by atoms with Gasteiger partial charge in [-0.15, -0.1) is 0 Å². The third-order valence-corrected chi connectivity index (χ3v) is 8.48. The summed E-state index contributed by atoms with van der Waals surface area (Å²) in [5.41, 5.74) is -0.831. The summed E-state index contributed by atoms with van der Waals surface area (Å²) in [6, 6.07) is 15.6. The Morgan fingerprint density at radius 3 is 1.57 bits per heavy atom. The van der Waals surface area contributed by atoms with Gasteiger partial charge in [-0.2, -0.15) is 58.7 Å². The number of halogens is 11. The van der Waals surface area contributed by atoms with E-state index in [1.165, 1.54) is 45.7 Å². The van der Waals surface area contributed by atoms with Gasteiger partial charge in [0.05, 0.1) is 57.9 Å². The topological polar surface area (TPSA) is 110 Å². The molecule has 0 aliphatic heterocycles. The number of anilines is 4. The first kappa shape index (κ1) is 39.4. The zero-order valence-electron chi connectivity index (χ0n) is 28.7. The van der Waals surface area contributed by atoms with E-state index in [1.54, 1.807) is 36.8 Å². The number of hydrogen-bond acceptors (Lipinski definition) is 8. The molecule has 0 bridgehead atoms. The van der Waals surface area contributed by atoms with E-state index in [-0.39, 0.29) is 28.4 Å². The van der Waals surface area contributed by atoms with E-state index < -0.39 is 41.0 Å². The second-order valence-electron chi connectivity index (χ2n) is 12.1. The number of rotatable bonds is 6. The lowest BCUT2D eigenvalue weighted by Gasteiger charge is -2.12. The minimum Gasteiger partial charge on any atom is -0.339 e. The van der Waals surface area contributed by atoms with Gasteiger partial charge in [0, 0.05) is 34.9 Å². The summed E-state index contributed by atoms with van der Waals surface area (Å²) in [4.78, 5) is 16.3. The van der Waals surface area contributed by atoms with E-state index in [4.69, 9.17) is 11.6 Å². The van der Waals surface area contributed by atoms with Crippen molar-refractivity contribution in [3.05, 3.63) is 144 Å². The molecular formula is C37H21ClF10N10. The minimum atomic E-state index is -4.83. The first-order valence-electron chi connectivity index (χ1n) is 16.3. The first-order chi connectivity index (χ1) is 27.5. The Morgan fingerprint density at radius 1 is 0.517 bits per heavy atom. The molecule has 0 spiro atoms. The molecule has 0 amide bonds. The van der Waals surface area contributed by atoms with Crippen molar-refractivity contribution in [1.82, 2.24) is 39.2 Å². The summed E-state index contributed by atoms with van der Waals surface area (Å²) in [7, 11) is 0. The zero-order chi connectivity index (χ0) is 41.4. The van der Waals surface area contributed by atoms with Crippen molar-refractivity contribution in [1.29, 1.82) is 0 Å². The molecule has 10 nitrogen and oxygen atoms in total. The highest BCUT2D eigenvalue weighted by Gasteiger charge is 2.35. The lowest BCUT2D eigenvalue weighted by atomic mass is 10.1. The van der Waals surface area contributed by atoms with Crippen LogP contribution in [0.25, 0.3) is 33.8 Å². The van der Waals surface area contributed by atoms with Gasteiger partial charge in [-0.3, -0.25) is 9.97 Å². The quantitative estimate of drug-likeness (QED) is 0.159. The Balaban J connectivity index is 0.000000178. The van der Waals surface area contributed by atoms with Crippen molar-refractivity contribution in [2.75, 3.05) is 10.6 Å². The SMILES string of the molecule is FC(F)(F)c1ccc(Nc2cnc3cc(-c4ncccc4Cl)cnn23)cc1.Fc1cc(Nc2cnc3cc(-c4ncccc4C(F)(F)F)cnn23)ccc1C(F)(F)F. The fourth-order valence-electron chi connectivity index (χ4n) is 5.50. The van der Waals surface area contributed by atoms with Crippen LogP contribution in [0.2, 0.25) is 5.02 Å². The van der Waals surface area contributed by atoms with Crippen molar-refractivity contribution in [2.45, 2.75) is 18.5 Å². The zero-order valence-corrected chi connectivity index (χ0v) is 29.5. The van der Waals surface area contributed by atoms with Gasteiger partial charge in [-0.25, -0.2) is 14.4 Å². The minimum absolute atomic E-state index is 0.00209. The Bertz CT molecular complexity index is 2740. The predicted molar refractivity (Wildman–Crippen MR) is 192 cm³/mol. The van der Waals surface area contributed by atoms with Gasteiger partial charge in [-0.05, 0) is 78.9 Å². The molecule has 296 valence electrons. The molecule has 8 aromatic rings. The normalized spacial score (nSPS) is 12.1. The second kappa shape index (κ2) is 15.3. The molecule has 2 N–H and O–H groups in total. The molecule has 0 unspecified atom stereocenters. The van der Waals surface area contributed by atoms with Crippen LogP contribution in [-0.4, -0.2) is 39.2 Å². The fraction of sp³-hybridized carbons (Fsp3) is 0.0811. The summed E-state index contributed by atoms with van der Waals surface area (Å²) in [6.45, 7) is 0. The summed E-state index contributed by atoms with van der Waals surface area (Å²) < 4.78 is 132. The van der Waals surface area contributed by atoms with Crippen LogP contribution in [0.15, 0.2) is 116 Å². The molecule has 8 rings (SSSR count). The van der Waals surface area contributed by atoms with Gasteiger partial charge in [-0.1, -0.05) is 11.6 Å². The highest BCUT2D eigenvalue weighted by Crippen LogP contribution is 2.37. The number of imidazole rings is 2. The molecule has 0 aliphatic rings. The number of pyridine rings is 2. The van der Waals surface area contributed by atoms with Crippen LogP contribution in [0, 0.1) is 5.82 Å². The lowest BCUT2D eigenvalue weighted by molar-refractivity contribution is -0.140. The van der Waals surface area contributed by atoms with Crippen LogP contribution in [0.1, 0.15) is 16.7 Å². The third-order valence-electron chi connectivity index (χ3n) is 8.17. The van der Waals surface area contributed by atoms with Crippen molar-refractivity contribution in [2.24, 2.45) is 0 Å². The van der Waals surface area contributed by atoms with Gasteiger partial charge in [0.15, 0.2) is 22.9 Å². The van der Waals surface area contributed by atoms with Crippen molar-refractivity contribution >= 4 is 45.9 Å². The van der Waals surface area contributed by atoms with E-state index in [1.807, 2.05) is 0 Å². The van der Waals surface area contributed by atoms with Crippen molar-refractivity contribution in [3.8, 4) is 22.5 Å². The maximum atomic E-state index is 13.8. The van der Waals surface area contributed by atoms with Crippen LogP contribution < -0.4 is 10.6 Å². The molecule has 0 fully saturated rings. The molecular weight excluding hydrogens is 810 g/mol. The lowest BCUT2D eigenvalue weighted by Crippen LogP contribution is -2.09. The van der Waals surface area contributed by atoms with E-state index in [0.717, 1.165) is 30.5 Å². The molecule has 0 saturated carbocycles. The van der Waals surface area contributed by atoms with Gasteiger partial charge in [0.25, 0.3) is 0 Å². The fourth-order valence-corrected chi connectivity index (χ4v) is 5.74. The van der Waals surface area contributed by atoms with Gasteiger partial charge in [0.1, 0.15) is 5.82 Å². The van der Waals surface area contributed by atoms with Crippen LogP contribution in [0.3, 0.4) is 0 Å². The smallest absolute Gasteiger partial charge is 0.339 e. The average Bonchev–Trinajstić information content (AvgIpc) is 3.77. The third kappa shape index (κ3) is 8.45. The Morgan fingerprint density at radius 2 is 1.03 bits per heavy atom. The first-order valence-corrected chi connectivity index (χ1v) is 16.7. The van der Waals surface area contributed by atoms with Gasteiger partial charge in [0.2, 0.25) is 0 Å². The van der Waals surface area contributed by atoms with Crippen LogP contribution in [0.5, 0.6) is 0 Å². The molecule has 21 heteroatoms. The second-order valence-corrected chi connectivity index (χ2v) is 12.5. The van der Waals surface area contributed by atoms with E-state index in [2.05, 4.69) is 40.8 Å². The number of benzene rings is 2. The van der Waals surface area contributed by atoms with Crippen molar-refractivity contribution in [3.63, 3.8) is 0 Å². The van der Waals surface area contributed by atoms with E-state index in [9.17, 15) is 43.9 Å². The molecule has 0 aliphatic carbocycles. The number of alkyl halides is 9. The Hall–Kier alpha value is -6.83. The molecule has 0 radical (unpaired) electrons. The molecule has 2 aromatic carbocycles. The number of hydrogen-bond donors (Lipinski definition) is 2. The maximum absolute atomic E-state index is 13.8. The van der Waals surface area contributed by atoms with E-state index >= 15 is 0 Å².